The van der Waals surface area contributed by atoms with E-state index in [0.29, 0.717) is 0 Å². The highest BCUT2D eigenvalue weighted by Crippen LogP contribution is 2.34. The van der Waals surface area contributed by atoms with Crippen LogP contribution in [0.15, 0.2) is 0 Å². The molecule has 1 N–H and O–H groups in total. The predicted octanol–water partition coefficient (Wildman–Crippen LogP) is 2.95. The van der Waals surface area contributed by atoms with Crippen molar-refractivity contribution in [2.75, 3.05) is 7.11 Å². The molecule has 1 fully saturated rings. The molecule has 0 amide bonds. The minimum Gasteiger partial charge on any atom is -0.467 e. The maximum atomic E-state index is 12.6. The monoisotopic (exact) mass is 561 g/mol. The summed E-state index contributed by atoms with van der Waals surface area (Å²) in [4.78, 5) is 50.1. The van der Waals surface area contributed by atoms with E-state index in [4.69, 9.17) is 68.6 Å². The molecule has 0 radical (unpaired) electrons. The molecule has 200 valence electrons. The second-order valence-corrected chi connectivity index (χ2v) is 10.8. The minimum atomic E-state index is -2.35. The van der Waals surface area contributed by atoms with Crippen molar-refractivity contribution >= 4 is 64.6 Å². The molecule has 0 aromatic rings. The van der Waals surface area contributed by atoms with Crippen LogP contribution in [0.2, 0.25) is 0 Å². The van der Waals surface area contributed by atoms with Gasteiger partial charge in [-0.25, -0.2) is 4.79 Å². The average molecular weight is 563 g/mol. The Morgan fingerprint density at radius 1 is 0.743 bits per heavy atom. The molecule has 0 aromatic heterocycles. The number of nitrogens with one attached hydrogen (secondary N) is 1. The molecule has 1 saturated heterocycles. The summed E-state index contributed by atoms with van der Waals surface area (Å²) >= 11 is 17.1. The van der Waals surface area contributed by atoms with Crippen LogP contribution in [0.25, 0.3) is 0 Å². The molecule has 1 rings (SSSR count). The molecule has 5 atom stereocenters. The molecular formula is C21H30Cl3NO10. The lowest BCUT2D eigenvalue weighted by Gasteiger charge is -2.44. The van der Waals surface area contributed by atoms with Gasteiger partial charge in [-0.2, -0.15) is 0 Å². The second-order valence-electron chi connectivity index (χ2n) is 8.56. The van der Waals surface area contributed by atoms with Gasteiger partial charge < -0.3 is 28.4 Å². The van der Waals surface area contributed by atoms with Crippen molar-refractivity contribution in [3.05, 3.63) is 0 Å². The highest BCUT2D eigenvalue weighted by atomic mass is 35.6. The molecule has 0 aliphatic carbocycles. The Balaban J connectivity index is 3.65. The van der Waals surface area contributed by atoms with Crippen molar-refractivity contribution in [3.8, 4) is 0 Å². The number of rotatable bonds is 8. The number of carbonyl (C=O) groups is 4. The van der Waals surface area contributed by atoms with Gasteiger partial charge in [-0.05, 0) is 0 Å². The third-order valence-electron chi connectivity index (χ3n) is 4.59. The molecule has 14 heteroatoms. The number of ether oxygens (including phenoxy) is 6. The fourth-order valence-electron chi connectivity index (χ4n) is 2.59. The van der Waals surface area contributed by atoms with Crippen LogP contribution in [-0.2, 0) is 47.6 Å². The molecular weight excluding hydrogens is 533 g/mol. The first-order valence-corrected chi connectivity index (χ1v) is 11.8. The average Bonchev–Trinajstić information content (AvgIpc) is 2.75. The van der Waals surface area contributed by atoms with Gasteiger partial charge in [0.1, 0.15) is 0 Å². The molecule has 1 aliphatic rings. The van der Waals surface area contributed by atoms with Crippen molar-refractivity contribution in [3.63, 3.8) is 0 Å². The van der Waals surface area contributed by atoms with Crippen LogP contribution in [-0.4, -0.2) is 71.4 Å². The molecule has 11 nitrogen and oxygen atoms in total. The summed E-state index contributed by atoms with van der Waals surface area (Å²) < 4.78 is 29.8. The Hall–Kier alpha value is -1.82. The molecule has 1 heterocycles. The molecule has 0 bridgehead atoms. The Bertz CT molecular complexity index is 812. The summed E-state index contributed by atoms with van der Waals surface area (Å²) in [7, 11) is 1.05. The van der Waals surface area contributed by atoms with Crippen LogP contribution >= 0.6 is 34.8 Å². The Kier molecular flexibility index (Phi) is 11.5. The van der Waals surface area contributed by atoms with Gasteiger partial charge in [0.05, 0.1) is 24.9 Å². The van der Waals surface area contributed by atoms with Crippen LogP contribution < -0.4 is 0 Å². The van der Waals surface area contributed by atoms with Gasteiger partial charge >= 0.3 is 23.9 Å². The van der Waals surface area contributed by atoms with E-state index in [2.05, 4.69) is 0 Å². The van der Waals surface area contributed by atoms with Crippen LogP contribution in [0.5, 0.6) is 0 Å². The first-order valence-electron chi connectivity index (χ1n) is 10.7. The topological polar surface area (TPSA) is 148 Å². The number of halogens is 3. The van der Waals surface area contributed by atoms with Crippen LogP contribution in [0.3, 0.4) is 0 Å². The summed E-state index contributed by atoms with van der Waals surface area (Å²) in [5.74, 6) is -6.22. The zero-order chi connectivity index (χ0) is 27.2. The normalized spacial score (nSPS) is 24.7. The van der Waals surface area contributed by atoms with Crippen molar-refractivity contribution in [2.24, 2.45) is 17.8 Å². The molecule has 0 aromatic carbocycles. The van der Waals surface area contributed by atoms with E-state index in [1.165, 1.54) is 27.7 Å². The summed E-state index contributed by atoms with van der Waals surface area (Å²) in [6.45, 7) is 9.23. The van der Waals surface area contributed by atoms with Crippen molar-refractivity contribution in [2.45, 2.75) is 76.0 Å². The van der Waals surface area contributed by atoms with E-state index < -0.39 is 82.0 Å². The van der Waals surface area contributed by atoms with E-state index in [1.54, 1.807) is 13.8 Å². The van der Waals surface area contributed by atoms with Gasteiger partial charge in [0.25, 0.3) is 3.79 Å². The standard InChI is InChI=1S/C21H30Cl3NO10/c1-8(2)15(26)31-11-12(32-16(27)9(3)4)14(33-17(28)10(5)6)19(34-13(11)18(29)30-7)35-20(25)21(22,23)24/h8-14,19,25H,1-7H3/t11-,12+,13-,14+,19+/m0/s1. The highest BCUT2D eigenvalue weighted by Gasteiger charge is 2.57. The summed E-state index contributed by atoms with van der Waals surface area (Å²) in [5, 5.41) is 7.90. The first kappa shape index (κ1) is 31.2. The maximum absolute atomic E-state index is 12.6. The Morgan fingerprint density at radius 2 is 1.14 bits per heavy atom. The van der Waals surface area contributed by atoms with E-state index in [1.807, 2.05) is 0 Å². The van der Waals surface area contributed by atoms with Gasteiger partial charge in [0.2, 0.25) is 18.3 Å². The van der Waals surface area contributed by atoms with Crippen molar-refractivity contribution in [1.82, 2.24) is 0 Å². The number of hydrogen-bond acceptors (Lipinski definition) is 11. The van der Waals surface area contributed by atoms with Crippen LogP contribution in [0.4, 0.5) is 0 Å². The minimum absolute atomic E-state index is 0.641. The number of esters is 4. The lowest BCUT2D eigenvalue weighted by atomic mass is 9.97. The fraction of sp³-hybridized carbons (Fsp3) is 0.762. The van der Waals surface area contributed by atoms with Gasteiger partial charge in [0.15, 0.2) is 18.3 Å². The fourth-order valence-corrected chi connectivity index (χ4v) is 2.73. The van der Waals surface area contributed by atoms with Crippen LogP contribution in [0.1, 0.15) is 41.5 Å². The van der Waals surface area contributed by atoms with E-state index in [9.17, 15) is 19.2 Å². The number of methoxy groups -OCH3 is 1. The lowest BCUT2D eigenvalue weighted by Crippen LogP contribution is -2.64. The number of carbonyl (C=O) groups excluding carboxylic acids is 4. The van der Waals surface area contributed by atoms with E-state index in [0.717, 1.165) is 7.11 Å². The SMILES string of the molecule is COC(=O)[C@H]1O[C@H](OC(=N)C(Cl)(Cl)Cl)[C@H](OC(=O)C(C)C)[C@H](OC(=O)C(C)C)[C@@H]1OC(=O)C(C)C. The van der Waals surface area contributed by atoms with Crippen molar-refractivity contribution in [1.29, 1.82) is 5.41 Å². The zero-order valence-corrected chi connectivity index (χ0v) is 22.6. The Labute approximate surface area is 218 Å². The van der Waals surface area contributed by atoms with Gasteiger partial charge in [-0.15, -0.1) is 0 Å². The smallest absolute Gasteiger partial charge is 0.339 e. The quantitative estimate of drug-likeness (QED) is 0.154. The third kappa shape index (κ3) is 8.66. The highest BCUT2D eigenvalue weighted by molar-refractivity contribution is 6.76. The molecule has 35 heavy (non-hydrogen) atoms. The number of hydrogen-bond donors (Lipinski definition) is 1. The summed E-state index contributed by atoms with van der Waals surface area (Å²) in [5.41, 5.74) is 0. The maximum Gasteiger partial charge on any atom is 0.339 e. The molecule has 0 spiro atoms. The lowest BCUT2D eigenvalue weighted by molar-refractivity contribution is -0.288. The molecule has 0 unspecified atom stereocenters. The van der Waals surface area contributed by atoms with Crippen LogP contribution in [0, 0.1) is 23.2 Å². The second kappa shape index (κ2) is 12.9. The van der Waals surface area contributed by atoms with E-state index in [-0.39, 0.29) is 0 Å². The number of alkyl halides is 3. The van der Waals surface area contributed by atoms with Gasteiger partial charge in [-0.3, -0.25) is 19.8 Å². The third-order valence-corrected chi connectivity index (χ3v) is 5.11. The summed E-state index contributed by atoms with van der Waals surface area (Å²) in [6, 6.07) is 0. The first-order chi connectivity index (χ1) is 16.0. The van der Waals surface area contributed by atoms with Gasteiger partial charge in [0, 0.05) is 0 Å². The predicted molar refractivity (Wildman–Crippen MR) is 124 cm³/mol. The molecule has 1 aliphatic heterocycles. The van der Waals surface area contributed by atoms with E-state index >= 15 is 0 Å². The van der Waals surface area contributed by atoms with Gasteiger partial charge in [-0.1, -0.05) is 76.3 Å². The zero-order valence-electron chi connectivity index (χ0n) is 20.3. The Morgan fingerprint density at radius 3 is 1.51 bits per heavy atom. The largest absolute Gasteiger partial charge is 0.467 e. The molecule has 0 saturated carbocycles. The summed E-state index contributed by atoms with van der Waals surface area (Å²) in [6.07, 6.45) is -8.35. The van der Waals surface area contributed by atoms with Crippen molar-refractivity contribution < 1.29 is 47.6 Å².